The van der Waals surface area contributed by atoms with Crippen LogP contribution in [0.4, 0.5) is 4.79 Å². The minimum absolute atomic E-state index is 0.117. The first-order valence-electron chi connectivity index (χ1n) is 9.40. The van der Waals surface area contributed by atoms with E-state index < -0.39 is 0 Å². The number of aryl methyl sites for hydroxylation is 1. The lowest BCUT2D eigenvalue weighted by atomic mass is 9.97. The van der Waals surface area contributed by atoms with Gasteiger partial charge in [0, 0.05) is 59.9 Å². The minimum atomic E-state index is -0.137. The molecule has 1 unspecified atom stereocenters. The lowest BCUT2D eigenvalue weighted by molar-refractivity contribution is 0.240. The molecular weight excluding hydrogens is 370 g/mol. The number of carbonyl (C=O) groups excluding carboxylic acids is 1. The number of amides is 2. The van der Waals surface area contributed by atoms with E-state index in [2.05, 4.69) is 56.6 Å². The Morgan fingerprint density at radius 2 is 2.11 bits per heavy atom. The van der Waals surface area contributed by atoms with Gasteiger partial charge in [0.15, 0.2) is 0 Å². The molecule has 0 radical (unpaired) electrons. The van der Waals surface area contributed by atoms with Gasteiger partial charge in [0.1, 0.15) is 0 Å². The molecular formula is C21H23N5OS. The Hall–Kier alpha value is -3.06. The Balaban J connectivity index is 1.36. The fraction of sp³-hybridized carbons (Fsp3) is 0.238. The van der Waals surface area contributed by atoms with Gasteiger partial charge in [-0.05, 0) is 35.6 Å². The second-order valence-electron chi connectivity index (χ2n) is 6.62. The SMILES string of the molecule is O=C(NCCCn1cccn1)NCC(c1cccs1)c1c[nH]c2ccccc12. The number of hydrogen-bond donors (Lipinski definition) is 3. The molecule has 0 aliphatic heterocycles. The Morgan fingerprint density at radius 3 is 2.93 bits per heavy atom. The molecule has 0 aliphatic rings. The van der Waals surface area contributed by atoms with E-state index in [-0.39, 0.29) is 11.9 Å². The summed E-state index contributed by atoms with van der Waals surface area (Å²) >= 11 is 1.71. The van der Waals surface area contributed by atoms with Crippen LogP contribution in [0.3, 0.4) is 0 Å². The Labute approximate surface area is 167 Å². The summed E-state index contributed by atoms with van der Waals surface area (Å²) in [6, 6.07) is 14.2. The molecule has 0 bridgehead atoms. The van der Waals surface area contributed by atoms with Crippen LogP contribution in [-0.2, 0) is 6.54 Å². The van der Waals surface area contributed by atoms with Crippen molar-refractivity contribution in [2.24, 2.45) is 0 Å². The van der Waals surface area contributed by atoms with Crippen LogP contribution in [0, 0.1) is 0 Å². The van der Waals surface area contributed by atoms with Crippen LogP contribution in [0.1, 0.15) is 22.8 Å². The fourth-order valence-electron chi connectivity index (χ4n) is 3.37. The number of hydrogen-bond acceptors (Lipinski definition) is 3. The summed E-state index contributed by atoms with van der Waals surface area (Å²) < 4.78 is 1.86. The maximum absolute atomic E-state index is 12.3. The molecule has 7 heteroatoms. The summed E-state index contributed by atoms with van der Waals surface area (Å²) in [6.45, 7) is 1.95. The Kier molecular flexibility index (Phi) is 5.72. The normalized spacial score (nSPS) is 12.1. The number of urea groups is 1. The van der Waals surface area contributed by atoms with Crippen LogP contribution in [-0.4, -0.2) is 33.9 Å². The van der Waals surface area contributed by atoms with Crippen molar-refractivity contribution in [1.29, 1.82) is 0 Å². The van der Waals surface area contributed by atoms with Gasteiger partial charge >= 0.3 is 6.03 Å². The van der Waals surface area contributed by atoms with Gasteiger partial charge in [0.2, 0.25) is 0 Å². The summed E-state index contributed by atoms with van der Waals surface area (Å²) in [6.07, 6.45) is 6.58. The lowest BCUT2D eigenvalue weighted by Gasteiger charge is -2.16. The number of aromatic nitrogens is 3. The second kappa shape index (κ2) is 8.75. The number of nitrogens with zero attached hydrogens (tertiary/aromatic N) is 2. The molecule has 3 heterocycles. The standard InChI is InChI=1S/C21H23N5OS/c27-21(22-9-4-11-26-12-5-10-25-26)24-15-18(20-8-3-13-28-20)17-14-23-19-7-2-1-6-16(17)19/h1-3,5-8,10,12-14,18,23H,4,9,11,15H2,(H2,22,24,27). The zero-order valence-corrected chi connectivity index (χ0v) is 16.3. The number of H-pyrrole nitrogens is 1. The highest BCUT2D eigenvalue weighted by Crippen LogP contribution is 2.32. The van der Waals surface area contributed by atoms with Crippen molar-refractivity contribution in [3.05, 3.63) is 76.9 Å². The highest BCUT2D eigenvalue weighted by molar-refractivity contribution is 7.10. The van der Waals surface area contributed by atoms with Crippen molar-refractivity contribution in [2.75, 3.05) is 13.1 Å². The average Bonchev–Trinajstić information content (AvgIpc) is 3.47. The van der Waals surface area contributed by atoms with E-state index >= 15 is 0 Å². The van der Waals surface area contributed by atoms with Crippen molar-refractivity contribution in [2.45, 2.75) is 18.9 Å². The maximum atomic E-state index is 12.3. The molecule has 4 rings (SSSR count). The van der Waals surface area contributed by atoms with E-state index in [1.54, 1.807) is 17.5 Å². The van der Waals surface area contributed by atoms with E-state index in [0.29, 0.717) is 13.1 Å². The van der Waals surface area contributed by atoms with Crippen LogP contribution in [0.5, 0.6) is 0 Å². The predicted octanol–water partition coefficient (Wildman–Crippen LogP) is 3.95. The third-order valence-corrected chi connectivity index (χ3v) is 5.74. The average molecular weight is 394 g/mol. The molecule has 2 amide bonds. The molecule has 3 aromatic heterocycles. The van der Waals surface area contributed by atoms with Gasteiger partial charge in [0.25, 0.3) is 0 Å². The van der Waals surface area contributed by atoms with Crippen LogP contribution in [0.2, 0.25) is 0 Å². The van der Waals surface area contributed by atoms with E-state index in [1.807, 2.05) is 29.1 Å². The van der Waals surface area contributed by atoms with Gasteiger partial charge in [-0.3, -0.25) is 4.68 Å². The molecule has 4 aromatic rings. The molecule has 1 atom stereocenters. The first kappa shape index (κ1) is 18.3. The minimum Gasteiger partial charge on any atom is -0.361 e. The zero-order chi connectivity index (χ0) is 19.2. The van der Waals surface area contributed by atoms with Gasteiger partial charge in [-0.25, -0.2) is 4.79 Å². The number of carbonyl (C=O) groups is 1. The maximum Gasteiger partial charge on any atom is 0.314 e. The van der Waals surface area contributed by atoms with Crippen LogP contribution in [0.15, 0.2) is 66.4 Å². The second-order valence-corrected chi connectivity index (χ2v) is 7.60. The molecule has 6 nitrogen and oxygen atoms in total. The fourth-order valence-corrected chi connectivity index (χ4v) is 4.21. The van der Waals surface area contributed by atoms with Gasteiger partial charge in [-0.2, -0.15) is 5.10 Å². The van der Waals surface area contributed by atoms with E-state index in [4.69, 9.17) is 0 Å². The third-order valence-electron chi connectivity index (χ3n) is 4.76. The van der Waals surface area contributed by atoms with Crippen molar-refractivity contribution in [1.82, 2.24) is 25.4 Å². The van der Waals surface area contributed by atoms with Gasteiger partial charge < -0.3 is 15.6 Å². The predicted molar refractivity (Wildman–Crippen MR) is 113 cm³/mol. The first-order chi connectivity index (χ1) is 13.8. The Morgan fingerprint density at radius 1 is 1.18 bits per heavy atom. The number of rotatable bonds is 8. The van der Waals surface area contributed by atoms with Gasteiger partial charge in [0.05, 0.1) is 0 Å². The number of aromatic amines is 1. The molecule has 0 spiro atoms. The van der Waals surface area contributed by atoms with Crippen molar-refractivity contribution < 1.29 is 4.79 Å². The summed E-state index contributed by atoms with van der Waals surface area (Å²) in [5, 5.41) is 13.4. The summed E-state index contributed by atoms with van der Waals surface area (Å²) in [5.74, 6) is 0.117. The molecule has 3 N–H and O–H groups in total. The number of para-hydroxylation sites is 1. The van der Waals surface area contributed by atoms with E-state index in [9.17, 15) is 4.79 Å². The van der Waals surface area contributed by atoms with Crippen molar-refractivity contribution in [3.63, 3.8) is 0 Å². The monoisotopic (exact) mass is 393 g/mol. The molecule has 0 saturated heterocycles. The number of fused-ring (bicyclic) bond motifs is 1. The summed E-state index contributed by atoms with van der Waals surface area (Å²) in [7, 11) is 0. The van der Waals surface area contributed by atoms with E-state index in [0.717, 1.165) is 18.5 Å². The van der Waals surface area contributed by atoms with Gasteiger partial charge in [-0.15, -0.1) is 11.3 Å². The van der Waals surface area contributed by atoms with E-state index in [1.165, 1.54) is 15.8 Å². The zero-order valence-electron chi connectivity index (χ0n) is 15.5. The smallest absolute Gasteiger partial charge is 0.314 e. The lowest BCUT2D eigenvalue weighted by Crippen LogP contribution is -2.38. The topological polar surface area (TPSA) is 74.7 Å². The summed E-state index contributed by atoms with van der Waals surface area (Å²) in [5.41, 5.74) is 2.32. The number of benzene rings is 1. The third kappa shape index (κ3) is 4.26. The highest BCUT2D eigenvalue weighted by Gasteiger charge is 2.19. The Bertz CT molecular complexity index is 1010. The summed E-state index contributed by atoms with van der Waals surface area (Å²) in [4.78, 5) is 16.8. The number of thiophene rings is 1. The first-order valence-corrected chi connectivity index (χ1v) is 10.3. The molecule has 0 aliphatic carbocycles. The van der Waals surface area contributed by atoms with Crippen molar-refractivity contribution >= 4 is 28.3 Å². The highest BCUT2D eigenvalue weighted by atomic mass is 32.1. The van der Waals surface area contributed by atoms with Crippen LogP contribution < -0.4 is 10.6 Å². The molecule has 28 heavy (non-hydrogen) atoms. The van der Waals surface area contributed by atoms with Crippen LogP contribution >= 0.6 is 11.3 Å². The van der Waals surface area contributed by atoms with Gasteiger partial charge in [-0.1, -0.05) is 24.3 Å². The molecule has 1 aromatic carbocycles. The molecule has 0 saturated carbocycles. The van der Waals surface area contributed by atoms with Crippen molar-refractivity contribution in [3.8, 4) is 0 Å². The van der Waals surface area contributed by atoms with Crippen LogP contribution in [0.25, 0.3) is 10.9 Å². The number of nitrogens with one attached hydrogen (secondary N) is 3. The molecule has 0 fully saturated rings. The quantitative estimate of drug-likeness (QED) is 0.397. The molecule has 144 valence electrons. The largest absolute Gasteiger partial charge is 0.361 e.